The maximum Gasteiger partial charge on any atom is 0.194 e. The number of nitrogens with two attached hydrogens (primary N) is 1. The molecule has 0 amide bonds. The van der Waals surface area contributed by atoms with Crippen molar-refractivity contribution in [2.75, 3.05) is 0 Å². The minimum atomic E-state index is -1.43. The van der Waals surface area contributed by atoms with Crippen LogP contribution in [0.25, 0.3) is 0 Å². The van der Waals surface area contributed by atoms with Crippen LogP contribution < -0.4 is 11.3 Å². The Hall–Kier alpha value is -1.07. The zero-order chi connectivity index (χ0) is 14.0. The first-order valence-electron chi connectivity index (χ1n) is 6.59. The molecule has 3 N–H and O–H groups in total. The maximum absolute atomic E-state index is 13.9. The van der Waals surface area contributed by atoms with Crippen LogP contribution in [0.1, 0.15) is 50.6 Å². The average Bonchev–Trinajstić information content (AvgIpc) is 2.40. The van der Waals surface area contributed by atoms with E-state index >= 15 is 0 Å². The highest BCUT2D eigenvalue weighted by Gasteiger charge is 2.37. The first kappa shape index (κ1) is 14.3. The van der Waals surface area contributed by atoms with E-state index in [9.17, 15) is 13.2 Å². The summed E-state index contributed by atoms with van der Waals surface area (Å²) in [7, 11) is 0. The second-order valence-corrected chi connectivity index (χ2v) is 5.58. The van der Waals surface area contributed by atoms with E-state index < -0.39 is 23.5 Å². The fourth-order valence-electron chi connectivity index (χ4n) is 3.08. The topological polar surface area (TPSA) is 38.0 Å². The summed E-state index contributed by atoms with van der Waals surface area (Å²) in [5, 5.41) is 0. The number of benzene rings is 1. The third-order valence-corrected chi connectivity index (χ3v) is 4.24. The van der Waals surface area contributed by atoms with Crippen LogP contribution in [0, 0.1) is 22.9 Å². The second kappa shape index (κ2) is 5.51. The quantitative estimate of drug-likeness (QED) is 0.501. The Bertz CT molecular complexity index is 456. The van der Waals surface area contributed by atoms with Crippen LogP contribution in [0.5, 0.6) is 0 Å². The normalized spacial score (nSPS) is 20.3. The molecule has 1 atom stereocenters. The molecule has 1 aromatic carbocycles. The number of halogens is 3. The molecule has 2 rings (SSSR count). The molecule has 5 heteroatoms. The zero-order valence-corrected chi connectivity index (χ0v) is 11.0. The molecule has 0 spiro atoms. The van der Waals surface area contributed by atoms with Gasteiger partial charge in [0.2, 0.25) is 0 Å². The molecule has 0 aromatic heterocycles. The Kier molecular flexibility index (Phi) is 4.16. The number of hydrogen-bond acceptors (Lipinski definition) is 2. The summed E-state index contributed by atoms with van der Waals surface area (Å²) in [4.78, 5) is 0. The maximum atomic E-state index is 13.9. The van der Waals surface area contributed by atoms with Crippen molar-refractivity contribution in [3.05, 3.63) is 35.1 Å². The molecule has 0 saturated heterocycles. The van der Waals surface area contributed by atoms with Crippen LogP contribution in [0.2, 0.25) is 0 Å². The first-order chi connectivity index (χ1) is 8.99. The summed E-state index contributed by atoms with van der Waals surface area (Å²) in [6, 6.07) is 1.71. The van der Waals surface area contributed by atoms with Gasteiger partial charge in [-0.25, -0.2) is 13.2 Å². The monoisotopic (exact) mass is 272 g/mol. The van der Waals surface area contributed by atoms with Gasteiger partial charge in [0.1, 0.15) is 0 Å². The number of rotatable bonds is 3. The van der Waals surface area contributed by atoms with E-state index in [1.54, 1.807) is 0 Å². The fraction of sp³-hybridized carbons (Fsp3) is 0.571. The predicted molar refractivity (Wildman–Crippen MR) is 67.6 cm³/mol. The molecule has 1 aromatic rings. The highest BCUT2D eigenvalue weighted by Crippen LogP contribution is 2.46. The number of hydrazine groups is 1. The van der Waals surface area contributed by atoms with E-state index in [1.807, 2.05) is 6.92 Å². The standard InChI is InChI=1S/C14H19F3N2/c1-14(7-3-2-4-8-14)13(19-18)9-5-6-10(15)12(17)11(9)16/h5-6,13,19H,2-4,7-8,18H2,1H3. The minimum Gasteiger partial charge on any atom is -0.271 e. The third-order valence-electron chi connectivity index (χ3n) is 4.24. The van der Waals surface area contributed by atoms with Crippen LogP contribution in [-0.2, 0) is 0 Å². The molecule has 1 aliphatic rings. The van der Waals surface area contributed by atoms with Crippen LogP contribution in [0.15, 0.2) is 12.1 Å². The molecule has 0 aliphatic heterocycles. The van der Waals surface area contributed by atoms with E-state index in [0.717, 1.165) is 38.2 Å². The van der Waals surface area contributed by atoms with Gasteiger partial charge in [0.15, 0.2) is 17.5 Å². The fourth-order valence-corrected chi connectivity index (χ4v) is 3.08. The smallest absolute Gasteiger partial charge is 0.194 e. The van der Waals surface area contributed by atoms with Crippen molar-refractivity contribution < 1.29 is 13.2 Å². The van der Waals surface area contributed by atoms with Gasteiger partial charge in [0.25, 0.3) is 0 Å². The summed E-state index contributed by atoms with van der Waals surface area (Å²) in [6.45, 7) is 2.01. The minimum absolute atomic E-state index is 0.103. The molecular weight excluding hydrogens is 253 g/mol. The van der Waals surface area contributed by atoms with Crippen LogP contribution in [0.4, 0.5) is 13.2 Å². The van der Waals surface area contributed by atoms with Crippen molar-refractivity contribution in [2.45, 2.75) is 45.1 Å². The van der Waals surface area contributed by atoms with E-state index in [-0.39, 0.29) is 11.0 Å². The Morgan fingerprint density at radius 3 is 2.32 bits per heavy atom. The summed E-state index contributed by atoms with van der Waals surface area (Å²) >= 11 is 0. The van der Waals surface area contributed by atoms with Crippen molar-refractivity contribution in [1.29, 1.82) is 0 Å². The van der Waals surface area contributed by atoms with Crippen molar-refractivity contribution in [3.8, 4) is 0 Å². The van der Waals surface area contributed by atoms with E-state index in [1.165, 1.54) is 6.07 Å². The van der Waals surface area contributed by atoms with Gasteiger partial charge in [-0.15, -0.1) is 0 Å². The molecule has 1 saturated carbocycles. The molecule has 19 heavy (non-hydrogen) atoms. The van der Waals surface area contributed by atoms with E-state index in [2.05, 4.69) is 5.43 Å². The number of hydrogen-bond donors (Lipinski definition) is 2. The van der Waals surface area contributed by atoms with Gasteiger partial charge in [-0.1, -0.05) is 32.3 Å². The van der Waals surface area contributed by atoms with Crippen LogP contribution in [-0.4, -0.2) is 0 Å². The molecule has 0 heterocycles. The highest BCUT2D eigenvalue weighted by molar-refractivity contribution is 5.25. The largest absolute Gasteiger partial charge is 0.271 e. The van der Waals surface area contributed by atoms with Gasteiger partial charge < -0.3 is 0 Å². The average molecular weight is 272 g/mol. The van der Waals surface area contributed by atoms with Crippen LogP contribution >= 0.6 is 0 Å². The Morgan fingerprint density at radius 2 is 1.74 bits per heavy atom. The summed E-state index contributed by atoms with van der Waals surface area (Å²) in [5.74, 6) is 1.79. The molecule has 1 aliphatic carbocycles. The lowest BCUT2D eigenvalue weighted by molar-refractivity contribution is 0.141. The van der Waals surface area contributed by atoms with Crippen molar-refractivity contribution in [1.82, 2.24) is 5.43 Å². The highest BCUT2D eigenvalue weighted by atomic mass is 19.2. The lowest BCUT2D eigenvalue weighted by Gasteiger charge is -2.40. The third kappa shape index (κ3) is 2.62. The lowest BCUT2D eigenvalue weighted by atomic mass is 9.68. The molecule has 0 bridgehead atoms. The van der Waals surface area contributed by atoms with Crippen LogP contribution in [0.3, 0.4) is 0 Å². The van der Waals surface area contributed by atoms with Crippen molar-refractivity contribution in [2.24, 2.45) is 11.3 Å². The number of nitrogens with one attached hydrogen (secondary N) is 1. The molecular formula is C14H19F3N2. The van der Waals surface area contributed by atoms with Gasteiger partial charge in [0, 0.05) is 5.56 Å². The Morgan fingerprint density at radius 1 is 1.11 bits per heavy atom. The molecule has 2 nitrogen and oxygen atoms in total. The van der Waals surface area contributed by atoms with Crippen molar-refractivity contribution >= 4 is 0 Å². The molecule has 1 fully saturated rings. The van der Waals surface area contributed by atoms with Gasteiger partial charge in [0.05, 0.1) is 6.04 Å². The van der Waals surface area contributed by atoms with Crippen molar-refractivity contribution in [3.63, 3.8) is 0 Å². The van der Waals surface area contributed by atoms with Gasteiger partial charge >= 0.3 is 0 Å². The second-order valence-electron chi connectivity index (χ2n) is 5.58. The summed E-state index contributed by atoms with van der Waals surface area (Å²) in [5.41, 5.74) is 2.45. The molecule has 106 valence electrons. The molecule has 0 radical (unpaired) electrons. The van der Waals surface area contributed by atoms with E-state index in [4.69, 9.17) is 5.84 Å². The van der Waals surface area contributed by atoms with Gasteiger partial charge in [-0.2, -0.15) is 0 Å². The summed E-state index contributed by atoms with van der Waals surface area (Å²) < 4.78 is 40.3. The van der Waals surface area contributed by atoms with Gasteiger partial charge in [-0.05, 0) is 24.3 Å². The summed E-state index contributed by atoms with van der Waals surface area (Å²) in [6.07, 6.45) is 5.01. The Balaban J connectivity index is 2.39. The Labute approximate surface area is 111 Å². The predicted octanol–water partition coefficient (Wildman–Crippen LogP) is 3.58. The SMILES string of the molecule is CC1(C(NN)c2ccc(F)c(F)c2F)CCCCC1. The molecule has 1 unspecified atom stereocenters. The lowest BCUT2D eigenvalue weighted by Crippen LogP contribution is -2.41. The zero-order valence-electron chi connectivity index (χ0n) is 11.0. The van der Waals surface area contributed by atoms with E-state index in [0.29, 0.717) is 0 Å². The van der Waals surface area contributed by atoms with Gasteiger partial charge in [-0.3, -0.25) is 11.3 Å². The first-order valence-corrected chi connectivity index (χ1v) is 6.59.